The van der Waals surface area contributed by atoms with Crippen molar-refractivity contribution in [1.82, 2.24) is 4.90 Å². The zero-order chi connectivity index (χ0) is 17.1. The van der Waals surface area contributed by atoms with Gasteiger partial charge in [0.15, 0.2) is 5.12 Å². The van der Waals surface area contributed by atoms with Gasteiger partial charge >= 0.3 is 0 Å². The van der Waals surface area contributed by atoms with Gasteiger partial charge in [-0.05, 0) is 24.1 Å². The first-order chi connectivity index (χ1) is 10.8. The summed E-state index contributed by atoms with van der Waals surface area (Å²) in [6, 6.07) is 5.03. The minimum Gasteiger partial charge on any atom is -0.345 e. The molecular weight excluding hydrogens is 336 g/mol. The largest absolute Gasteiger partial charge is 0.345 e. The molecule has 7 heteroatoms. The fraction of sp³-hybridized carbons (Fsp3) is 0.438. The summed E-state index contributed by atoms with van der Waals surface area (Å²) in [7, 11) is 3.32. The molecule has 124 valence electrons. The first-order valence-corrected chi connectivity index (χ1v) is 8.61. The number of rotatable bonds is 4. The molecule has 5 nitrogen and oxygen atoms in total. The van der Waals surface area contributed by atoms with Crippen molar-refractivity contribution in [2.24, 2.45) is 5.92 Å². The SMILES string of the molecule is CC(=O)SCC1CC(=O)N(c2ccc(C(=O)N(C)C)c(Cl)c2)C1. The first kappa shape index (κ1) is 17.8. The predicted molar refractivity (Wildman–Crippen MR) is 93.1 cm³/mol. The number of nitrogens with zero attached hydrogens (tertiary/aromatic N) is 2. The quantitative estimate of drug-likeness (QED) is 0.834. The molecule has 23 heavy (non-hydrogen) atoms. The highest BCUT2D eigenvalue weighted by Gasteiger charge is 2.31. The lowest BCUT2D eigenvalue weighted by Gasteiger charge is -2.18. The van der Waals surface area contributed by atoms with Crippen LogP contribution in [0.4, 0.5) is 5.69 Å². The molecule has 2 rings (SSSR count). The highest BCUT2D eigenvalue weighted by atomic mass is 35.5. The molecule has 0 saturated carbocycles. The average molecular weight is 355 g/mol. The Hall–Kier alpha value is -1.53. The Morgan fingerprint density at radius 1 is 1.39 bits per heavy atom. The van der Waals surface area contributed by atoms with Crippen LogP contribution in [0.3, 0.4) is 0 Å². The number of anilines is 1. The maximum Gasteiger partial charge on any atom is 0.254 e. The zero-order valence-corrected chi connectivity index (χ0v) is 14.9. The van der Waals surface area contributed by atoms with E-state index < -0.39 is 0 Å². The van der Waals surface area contributed by atoms with Gasteiger partial charge in [-0.2, -0.15) is 0 Å². The van der Waals surface area contributed by atoms with Gasteiger partial charge in [0.1, 0.15) is 0 Å². The molecule has 1 atom stereocenters. The van der Waals surface area contributed by atoms with Crippen LogP contribution in [-0.4, -0.2) is 48.2 Å². The van der Waals surface area contributed by atoms with Crippen LogP contribution in [0.15, 0.2) is 18.2 Å². The van der Waals surface area contributed by atoms with Gasteiger partial charge in [0.2, 0.25) is 5.91 Å². The summed E-state index contributed by atoms with van der Waals surface area (Å²) in [6.07, 6.45) is 0.427. The number of carbonyl (C=O) groups excluding carboxylic acids is 3. The fourth-order valence-corrected chi connectivity index (χ4v) is 3.41. The molecule has 1 saturated heterocycles. The molecule has 1 aliphatic rings. The van der Waals surface area contributed by atoms with Crippen LogP contribution in [0.1, 0.15) is 23.7 Å². The number of thioether (sulfide) groups is 1. The molecule has 1 unspecified atom stereocenters. The molecular formula is C16H19ClN2O3S. The number of hydrogen-bond acceptors (Lipinski definition) is 4. The van der Waals surface area contributed by atoms with Gasteiger partial charge in [-0.15, -0.1) is 0 Å². The molecule has 1 aliphatic heterocycles. The van der Waals surface area contributed by atoms with Crippen LogP contribution < -0.4 is 4.90 Å². The number of hydrogen-bond donors (Lipinski definition) is 0. The molecule has 0 radical (unpaired) electrons. The maximum absolute atomic E-state index is 12.2. The monoisotopic (exact) mass is 354 g/mol. The van der Waals surface area contributed by atoms with E-state index in [-0.39, 0.29) is 22.8 Å². The minimum atomic E-state index is -0.176. The van der Waals surface area contributed by atoms with Crippen molar-refractivity contribution in [3.05, 3.63) is 28.8 Å². The third-order valence-corrected chi connectivity index (χ3v) is 4.99. The van der Waals surface area contributed by atoms with Crippen molar-refractivity contribution in [2.75, 3.05) is 31.3 Å². The predicted octanol–water partition coefficient (Wildman–Crippen LogP) is 2.67. The third kappa shape index (κ3) is 4.26. The van der Waals surface area contributed by atoms with Gasteiger partial charge < -0.3 is 9.80 Å². The molecule has 1 aromatic rings. The van der Waals surface area contributed by atoms with Crippen LogP contribution in [0.2, 0.25) is 5.02 Å². The summed E-state index contributed by atoms with van der Waals surface area (Å²) in [5.41, 5.74) is 1.10. The van der Waals surface area contributed by atoms with E-state index in [1.165, 1.54) is 23.6 Å². The van der Waals surface area contributed by atoms with Gasteiger partial charge in [0.05, 0.1) is 10.6 Å². The Labute approximate surface area is 145 Å². The summed E-state index contributed by atoms with van der Waals surface area (Å²) in [6.45, 7) is 2.09. The summed E-state index contributed by atoms with van der Waals surface area (Å²) in [4.78, 5) is 38.3. The van der Waals surface area contributed by atoms with Crippen LogP contribution >= 0.6 is 23.4 Å². The van der Waals surface area contributed by atoms with Crippen molar-refractivity contribution < 1.29 is 14.4 Å². The second-order valence-corrected chi connectivity index (χ2v) is 7.34. The lowest BCUT2D eigenvalue weighted by molar-refractivity contribution is -0.117. The maximum atomic E-state index is 12.2. The molecule has 0 spiro atoms. The Bertz CT molecular complexity index is 648. The molecule has 0 aliphatic carbocycles. The van der Waals surface area contributed by atoms with Crippen molar-refractivity contribution in [1.29, 1.82) is 0 Å². The molecule has 1 aromatic carbocycles. The lowest BCUT2D eigenvalue weighted by Crippen LogP contribution is -2.25. The number of carbonyl (C=O) groups is 3. The van der Waals surface area contributed by atoms with Gasteiger partial charge in [0.25, 0.3) is 5.91 Å². The minimum absolute atomic E-state index is 0.0157. The van der Waals surface area contributed by atoms with Gasteiger partial charge in [-0.3, -0.25) is 14.4 Å². The van der Waals surface area contributed by atoms with E-state index in [2.05, 4.69) is 0 Å². The van der Waals surface area contributed by atoms with Crippen LogP contribution in [0.5, 0.6) is 0 Å². The van der Waals surface area contributed by atoms with Crippen molar-refractivity contribution in [3.63, 3.8) is 0 Å². The Balaban J connectivity index is 2.13. The van der Waals surface area contributed by atoms with E-state index >= 15 is 0 Å². The summed E-state index contributed by atoms with van der Waals surface area (Å²) < 4.78 is 0. The van der Waals surface area contributed by atoms with Crippen LogP contribution in [0.25, 0.3) is 0 Å². The van der Waals surface area contributed by atoms with E-state index in [4.69, 9.17) is 11.6 Å². The summed E-state index contributed by atoms with van der Waals surface area (Å²) in [5, 5.41) is 0.390. The second kappa shape index (κ2) is 7.36. The lowest BCUT2D eigenvalue weighted by atomic mass is 10.1. The van der Waals surface area contributed by atoms with E-state index in [1.54, 1.807) is 37.2 Å². The molecule has 0 bridgehead atoms. The van der Waals surface area contributed by atoms with E-state index in [1.807, 2.05) is 0 Å². The van der Waals surface area contributed by atoms with Crippen LogP contribution in [0, 0.1) is 5.92 Å². The Morgan fingerprint density at radius 3 is 2.65 bits per heavy atom. The van der Waals surface area contributed by atoms with E-state index in [0.29, 0.717) is 35.0 Å². The smallest absolute Gasteiger partial charge is 0.254 e. The van der Waals surface area contributed by atoms with Gasteiger partial charge in [-0.1, -0.05) is 23.4 Å². The van der Waals surface area contributed by atoms with Crippen molar-refractivity contribution in [3.8, 4) is 0 Å². The van der Waals surface area contributed by atoms with Crippen LogP contribution in [-0.2, 0) is 9.59 Å². The molecule has 2 amide bonds. The summed E-state index contributed by atoms with van der Waals surface area (Å²) >= 11 is 7.45. The molecule has 0 aromatic heterocycles. The third-order valence-electron chi connectivity index (χ3n) is 3.63. The second-order valence-electron chi connectivity index (χ2n) is 5.74. The Morgan fingerprint density at radius 2 is 2.09 bits per heavy atom. The normalized spacial score (nSPS) is 17.5. The van der Waals surface area contributed by atoms with E-state index in [9.17, 15) is 14.4 Å². The fourth-order valence-electron chi connectivity index (χ4n) is 2.46. The first-order valence-electron chi connectivity index (χ1n) is 7.24. The van der Waals surface area contributed by atoms with Crippen molar-refractivity contribution >= 4 is 46.0 Å². The molecule has 0 N–H and O–H groups in total. The number of amides is 2. The summed E-state index contributed by atoms with van der Waals surface area (Å²) in [5.74, 6) is 0.632. The highest BCUT2D eigenvalue weighted by Crippen LogP contribution is 2.30. The van der Waals surface area contributed by atoms with Gasteiger partial charge in [-0.25, -0.2) is 0 Å². The topological polar surface area (TPSA) is 57.7 Å². The van der Waals surface area contributed by atoms with E-state index in [0.717, 1.165) is 0 Å². The highest BCUT2D eigenvalue weighted by molar-refractivity contribution is 8.13. The molecule has 1 fully saturated rings. The van der Waals surface area contributed by atoms with Gasteiger partial charge in [0, 0.05) is 45.4 Å². The van der Waals surface area contributed by atoms with Crippen molar-refractivity contribution in [2.45, 2.75) is 13.3 Å². The number of benzene rings is 1. The standard InChI is InChI=1S/C16H19ClN2O3S/c1-10(20)23-9-11-6-15(21)19(8-11)12-4-5-13(14(17)7-12)16(22)18(2)3/h4-5,7,11H,6,8-9H2,1-3H3. The molecule has 1 heterocycles. The zero-order valence-electron chi connectivity index (χ0n) is 13.3. The number of halogens is 1. The Kier molecular flexibility index (Phi) is 5.70. The average Bonchev–Trinajstić information content (AvgIpc) is 2.85.